The summed E-state index contributed by atoms with van der Waals surface area (Å²) in [5.41, 5.74) is -1.30. The number of piperazine rings is 1. The first-order valence-corrected chi connectivity index (χ1v) is 12.7. The van der Waals surface area contributed by atoms with E-state index < -0.39 is 18.0 Å². The highest BCUT2D eigenvalue weighted by molar-refractivity contribution is 7.16. The van der Waals surface area contributed by atoms with E-state index in [1.165, 1.54) is 6.20 Å². The molecule has 1 aliphatic heterocycles. The lowest BCUT2D eigenvalue weighted by molar-refractivity contribution is -0.136. The highest BCUT2D eigenvalue weighted by Crippen LogP contribution is 2.44. The van der Waals surface area contributed by atoms with Gasteiger partial charge in [0.15, 0.2) is 11.4 Å². The van der Waals surface area contributed by atoms with Crippen LogP contribution >= 0.6 is 34.3 Å². The van der Waals surface area contributed by atoms with Crippen molar-refractivity contribution in [3.05, 3.63) is 38.2 Å². The number of hydrogen-bond donors (Lipinski definition) is 4. The zero-order valence-corrected chi connectivity index (χ0v) is 20.9. The van der Waals surface area contributed by atoms with E-state index in [4.69, 9.17) is 16.7 Å². The Morgan fingerprint density at radius 1 is 1.23 bits per heavy atom. The van der Waals surface area contributed by atoms with Crippen molar-refractivity contribution in [2.45, 2.75) is 19.3 Å². The molecule has 15 heteroatoms. The fraction of sp³-hybridized carbons (Fsp3) is 0.450. The van der Waals surface area contributed by atoms with Gasteiger partial charge in [0.1, 0.15) is 21.8 Å². The first-order chi connectivity index (χ1) is 16.6. The van der Waals surface area contributed by atoms with E-state index in [0.717, 1.165) is 60.1 Å². The van der Waals surface area contributed by atoms with Gasteiger partial charge in [-0.3, -0.25) is 4.90 Å². The molecule has 0 saturated carbocycles. The largest absolute Gasteiger partial charge is 0.419 e. The molecule has 1 fully saturated rings. The van der Waals surface area contributed by atoms with Crippen LogP contribution < -0.4 is 15.5 Å². The summed E-state index contributed by atoms with van der Waals surface area (Å²) in [6, 6.07) is 1.80. The van der Waals surface area contributed by atoms with Gasteiger partial charge in [-0.2, -0.15) is 13.2 Å². The second-order valence-corrected chi connectivity index (χ2v) is 10.3. The molecular formula is C20H23ClF3N7O2S2. The molecule has 4 heterocycles. The number of nitrogens with zero attached hydrogens (tertiary/aromatic N) is 5. The summed E-state index contributed by atoms with van der Waals surface area (Å²) in [4.78, 5) is 17.7. The number of aryl methyl sites for hydroxylation is 1. The summed E-state index contributed by atoms with van der Waals surface area (Å²) in [7, 11) is 0. The van der Waals surface area contributed by atoms with Crippen molar-refractivity contribution in [2.75, 3.05) is 54.9 Å². The summed E-state index contributed by atoms with van der Waals surface area (Å²) in [6.07, 6.45) is -4.66. The molecule has 0 amide bonds. The van der Waals surface area contributed by atoms with Crippen molar-refractivity contribution >= 4 is 56.7 Å². The topological polar surface area (TPSA) is 110 Å². The fourth-order valence-electron chi connectivity index (χ4n) is 3.59. The molecule has 0 spiro atoms. The molecule has 1 unspecified atom stereocenters. The molecule has 9 nitrogen and oxygen atoms in total. The molecule has 1 aliphatic rings. The van der Waals surface area contributed by atoms with Crippen LogP contribution in [-0.4, -0.2) is 69.4 Å². The summed E-state index contributed by atoms with van der Waals surface area (Å²) in [5, 5.41) is 26.4. The molecule has 3 aromatic heterocycles. The minimum Gasteiger partial charge on any atom is -0.395 e. The summed E-state index contributed by atoms with van der Waals surface area (Å²) >= 11 is 7.70. The molecule has 4 rings (SSSR count). The SMILES string of the molecule is Cc1nc(Nc2ncc(C(O)Nc3c(C(F)(F)F)csc3Cl)s2)cc(N2CCN(CCO)CC2)n1. The summed E-state index contributed by atoms with van der Waals surface area (Å²) in [5.74, 6) is 1.83. The average Bonchev–Trinajstić information content (AvgIpc) is 3.41. The molecule has 0 aliphatic carbocycles. The Morgan fingerprint density at radius 3 is 2.66 bits per heavy atom. The molecule has 0 bridgehead atoms. The molecule has 3 aromatic rings. The molecule has 0 radical (unpaired) electrons. The van der Waals surface area contributed by atoms with Crippen LogP contribution in [0, 0.1) is 6.92 Å². The van der Waals surface area contributed by atoms with Gasteiger partial charge in [-0.1, -0.05) is 22.9 Å². The summed E-state index contributed by atoms with van der Waals surface area (Å²) in [6.45, 7) is 5.71. The van der Waals surface area contributed by atoms with Gasteiger partial charge in [0, 0.05) is 50.4 Å². The standard InChI is InChI=1S/C20H23ClF3N7O2S2/c1-11-26-14(8-15(27-11)31-4-2-30(3-5-31)6-7-32)28-19-25-9-13(35-19)18(33)29-16-12(20(22,23)24)10-34-17(16)21/h8-10,18,29,32-33H,2-7H2,1H3,(H,25,26,27,28). The van der Waals surface area contributed by atoms with E-state index in [2.05, 4.69) is 35.4 Å². The van der Waals surface area contributed by atoms with Gasteiger partial charge < -0.3 is 25.7 Å². The van der Waals surface area contributed by atoms with Crippen molar-refractivity contribution in [3.63, 3.8) is 0 Å². The minimum absolute atomic E-state index is 0.0968. The number of nitrogens with one attached hydrogen (secondary N) is 2. The molecule has 4 N–H and O–H groups in total. The monoisotopic (exact) mass is 549 g/mol. The maximum Gasteiger partial charge on any atom is 0.419 e. The minimum atomic E-state index is -4.60. The third kappa shape index (κ3) is 6.32. The highest BCUT2D eigenvalue weighted by Gasteiger charge is 2.36. The van der Waals surface area contributed by atoms with Gasteiger partial charge in [0.2, 0.25) is 0 Å². The number of β-amino-alcohol motifs (C(OH)–C–C–N with tert-alkyl or cyclic N) is 1. The lowest BCUT2D eigenvalue weighted by Crippen LogP contribution is -2.47. The van der Waals surface area contributed by atoms with Gasteiger partial charge >= 0.3 is 6.18 Å². The smallest absolute Gasteiger partial charge is 0.395 e. The maximum atomic E-state index is 13.2. The number of aliphatic hydroxyl groups is 2. The summed E-state index contributed by atoms with van der Waals surface area (Å²) < 4.78 is 39.5. The van der Waals surface area contributed by atoms with Crippen molar-refractivity contribution in [3.8, 4) is 0 Å². The molecule has 0 aromatic carbocycles. The first kappa shape index (κ1) is 25.9. The molecule has 1 atom stereocenters. The number of rotatable bonds is 8. The second kappa shape index (κ2) is 10.8. The lowest BCUT2D eigenvalue weighted by atomic mass is 10.3. The van der Waals surface area contributed by atoms with Crippen molar-refractivity contribution in [1.82, 2.24) is 19.9 Å². The first-order valence-electron chi connectivity index (χ1n) is 10.6. The van der Waals surface area contributed by atoms with Crippen LogP contribution in [-0.2, 0) is 6.18 Å². The van der Waals surface area contributed by atoms with Gasteiger partial charge in [0.05, 0.1) is 22.7 Å². The highest BCUT2D eigenvalue weighted by atomic mass is 35.5. The maximum absolute atomic E-state index is 13.2. The van der Waals surface area contributed by atoms with Crippen LogP contribution in [0.5, 0.6) is 0 Å². The fourth-order valence-corrected chi connectivity index (χ4v) is 5.40. The number of hydrogen-bond acceptors (Lipinski definition) is 11. The number of thiazole rings is 1. The quantitative estimate of drug-likeness (QED) is 0.311. The van der Waals surface area contributed by atoms with Crippen molar-refractivity contribution in [2.24, 2.45) is 0 Å². The van der Waals surface area contributed by atoms with E-state index in [1.54, 1.807) is 13.0 Å². The number of alkyl halides is 3. The Labute approximate surface area is 212 Å². The van der Waals surface area contributed by atoms with Crippen molar-refractivity contribution in [1.29, 1.82) is 0 Å². The Bertz CT molecular complexity index is 1150. The van der Waals surface area contributed by atoms with Crippen LogP contribution in [0.4, 0.5) is 35.6 Å². The Morgan fingerprint density at radius 2 is 1.97 bits per heavy atom. The number of halogens is 4. The predicted octanol–water partition coefficient (Wildman–Crippen LogP) is 3.94. The number of aromatic nitrogens is 3. The van der Waals surface area contributed by atoms with E-state index in [1.807, 2.05) is 0 Å². The lowest BCUT2D eigenvalue weighted by Gasteiger charge is -2.35. The zero-order chi connectivity index (χ0) is 25.2. The number of thiophene rings is 1. The van der Waals surface area contributed by atoms with E-state index in [9.17, 15) is 18.3 Å². The average molecular weight is 550 g/mol. The van der Waals surface area contributed by atoms with E-state index in [-0.39, 0.29) is 16.6 Å². The molecular weight excluding hydrogens is 527 g/mol. The second-order valence-electron chi connectivity index (χ2n) is 7.75. The molecule has 1 saturated heterocycles. The number of aliphatic hydroxyl groups excluding tert-OH is 2. The van der Waals surface area contributed by atoms with Gasteiger partial charge in [-0.25, -0.2) is 15.0 Å². The van der Waals surface area contributed by atoms with E-state index >= 15 is 0 Å². The molecule has 35 heavy (non-hydrogen) atoms. The Balaban J connectivity index is 1.43. The van der Waals surface area contributed by atoms with Crippen LogP contribution in [0.1, 0.15) is 22.5 Å². The van der Waals surface area contributed by atoms with Crippen LogP contribution in [0.2, 0.25) is 4.34 Å². The third-order valence-corrected chi connectivity index (χ3v) is 7.48. The van der Waals surface area contributed by atoms with Crippen LogP contribution in [0.15, 0.2) is 17.6 Å². The normalized spacial score (nSPS) is 15.9. The zero-order valence-electron chi connectivity index (χ0n) is 18.5. The van der Waals surface area contributed by atoms with Gasteiger partial charge in [-0.15, -0.1) is 11.3 Å². The van der Waals surface area contributed by atoms with Crippen molar-refractivity contribution < 1.29 is 23.4 Å². The van der Waals surface area contributed by atoms with Gasteiger partial charge in [0.25, 0.3) is 0 Å². The van der Waals surface area contributed by atoms with Crippen LogP contribution in [0.3, 0.4) is 0 Å². The Kier molecular flexibility index (Phi) is 7.98. The predicted molar refractivity (Wildman–Crippen MR) is 131 cm³/mol. The van der Waals surface area contributed by atoms with Gasteiger partial charge in [-0.05, 0) is 6.92 Å². The van der Waals surface area contributed by atoms with Crippen LogP contribution in [0.25, 0.3) is 0 Å². The Hall–Kier alpha value is -2.23. The third-order valence-electron chi connectivity index (χ3n) is 5.30. The number of anilines is 4. The van der Waals surface area contributed by atoms with E-state index in [0.29, 0.717) is 28.2 Å². The molecule has 190 valence electrons.